The first kappa shape index (κ1) is 12.8. The molecule has 18 heavy (non-hydrogen) atoms. The highest BCUT2D eigenvalue weighted by Gasteiger charge is 2.62. The lowest BCUT2D eigenvalue weighted by atomic mass is 9.97. The van der Waals surface area contributed by atoms with E-state index in [0.717, 1.165) is 0 Å². The fourth-order valence-electron chi connectivity index (χ4n) is 2.78. The molecule has 6 heteroatoms. The smallest absolute Gasteiger partial charge is 0.224 e. The van der Waals surface area contributed by atoms with Gasteiger partial charge in [-0.1, -0.05) is 0 Å². The SMILES string of the molecule is CC1(C)O[C@@H]2[C@@H](COC3(COC(C)(C)O3)[C@H]2O)O1. The normalized spacial score (nSPS) is 49.5. The fourth-order valence-corrected chi connectivity index (χ4v) is 2.78. The molecule has 3 saturated heterocycles. The van der Waals surface area contributed by atoms with E-state index in [1.165, 1.54) is 0 Å². The maximum Gasteiger partial charge on any atom is 0.224 e. The average molecular weight is 260 g/mol. The lowest BCUT2D eigenvalue weighted by Crippen LogP contribution is -2.61. The van der Waals surface area contributed by atoms with Crippen molar-refractivity contribution < 1.29 is 28.8 Å². The summed E-state index contributed by atoms with van der Waals surface area (Å²) >= 11 is 0. The van der Waals surface area contributed by atoms with Gasteiger partial charge in [-0.3, -0.25) is 0 Å². The van der Waals surface area contributed by atoms with Crippen molar-refractivity contribution >= 4 is 0 Å². The molecule has 4 atom stereocenters. The van der Waals surface area contributed by atoms with Gasteiger partial charge in [0.25, 0.3) is 0 Å². The number of aliphatic hydroxyl groups is 1. The van der Waals surface area contributed by atoms with Gasteiger partial charge in [-0.05, 0) is 27.7 Å². The standard InChI is InChI=1S/C12H20O6/c1-10(2)15-6-12(18-10)9(13)8-7(5-14-12)16-11(3,4)17-8/h7-9,13H,5-6H2,1-4H3/t7-,8-,9+,12?/m1/s1. The number of rotatable bonds is 0. The van der Waals surface area contributed by atoms with E-state index in [9.17, 15) is 5.11 Å². The van der Waals surface area contributed by atoms with Crippen LogP contribution in [0.15, 0.2) is 0 Å². The molecule has 1 spiro atoms. The van der Waals surface area contributed by atoms with Crippen LogP contribution in [0.3, 0.4) is 0 Å². The number of hydrogen-bond donors (Lipinski definition) is 1. The summed E-state index contributed by atoms with van der Waals surface area (Å²) in [5, 5.41) is 10.5. The van der Waals surface area contributed by atoms with Gasteiger partial charge in [-0.25, -0.2) is 0 Å². The minimum atomic E-state index is -1.14. The van der Waals surface area contributed by atoms with Crippen LogP contribution in [-0.2, 0) is 23.7 Å². The first-order valence-electron chi connectivity index (χ1n) is 6.25. The summed E-state index contributed by atoms with van der Waals surface area (Å²) < 4.78 is 28.3. The Labute approximate surface area is 106 Å². The Hall–Kier alpha value is -0.240. The van der Waals surface area contributed by atoms with E-state index >= 15 is 0 Å². The largest absolute Gasteiger partial charge is 0.385 e. The molecule has 0 aromatic carbocycles. The molecule has 3 aliphatic heterocycles. The Morgan fingerprint density at radius 2 is 1.72 bits per heavy atom. The van der Waals surface area contributed by atoms with E-state index in [2.05, 4.69) is 0 Å². The van der Waals surface area contributed by atoms with Gasteiger partial charge in [0.1, 0.15) is 24.9 Å². The van der Waals surface area contributed by atoms with Crippen molar-refractivity contribution in [2.24, 2.45) is 0 Å². The molecule has 0 radical (unpaired) electrons. The lowest BCUT2D eigenvalue weighted by molar-refractivity contribution is -0.326. The molecular formula is C12H20O6. The molecule has 3 aliphatic rings. The Bertz CT molecular complexity index is 352. The zero-order valence-corrected chi connectivity index (χ0v) is 11.1. The van der Waals surface area contributed by atoms with E-state index < -0.39 is 29.6 Å². The highest BCUT2D eigenvalue weighted by atomic mass is 16.9. The molecule has 1 N–H and O–H groups in total. The van der Waals surface area contributed by atoms with E-state index in [1.54, 1.807) is 13.8 Å². The van der Waals surface area contributed by atoms with Crippen molar-refractivity contribution in [3.8, 4) is 0 Å². The molecule has 104 valence electrons. The van der Waals surface area contributed by atoms with Crippen LogP contribution in [0.4, 0.5) is 0 Å². The quantitative estimate of drug-likeness (QED) is 0.679. The van der Waals surface area contributed by atoms with Crippen molar-refractivity contribution in [1.82, 2.24) is 0 Å². The van der Waals surface area contributed by atoms with Crippen molar-refractivity contribution in [3.05, 3.63) is 0 Å². The molecule has 0 aliphatic carbocycles. The fraction of sp³-hybridized carbons (Fsp3) is 1.00. The van der Waals surface area contributed by atoms with Gasteiger partial charge in [-0.2, -0.15) is 0 Å². The zero-order valence-electron chi connectivity index (χ0n) is 11.1. The molecule has 0 aromatic heterocycles. The second-order valence-electron chi connectivity index (χ2n) is 6.00. The predicted molar refractivity (Wildman–Crippen MR) is 59.6 cm³/mol. The van der Waals surface area contributed by atoms with Gasteiger partial charge in [-0.15, -0.1) is 0 Å². The van der Waals surface area contributed by atoms with E-state index in [-0.39, 0.29) is 12.7 Å². The Balaban J connectivity index is 1.82. The molecule has 3 heterocycles. The number of aliphatic hydroxyl groups excluding tert-OH is 1. The molecule has 3 fully saturated rings. The summed E-state index contributed by atoms with van der Waals surface area (Å²) in [7, 11) is 0. The van der Waals surface area contributed by atoms with E-state index in [1.807, 2.05) is 13.8 Å². The van der Waals surface area contributed by atoms with Gasteiger partial charge in [0.05, 0.1) is 6.61 Å². The van der Waals surface area contributed by atoms with Crippen LogP contribution in [0.1, 0.15) is 27.7 Å². The van der Waals surface area contributed by atoms with Gasteiger partial charge >= 0.3 is 0 Å². The molecular weight excluding hydrogens is 240 g/mol. The Morgan fingerprint density at radius 1 is 1.00 bits per heavy atom. The van der Waals surface area contributed by atoms with Gasteiger partial charge in [0.15, 0.2) is 11.6 Å². The van der Waals surface area contributed by atoms with Crippen LogP contribution in [0.25, 0.3) is 0 Å². The highest BCUT2D eigenvalue weighted by Crippen LogP contribution is 2.43. The van der Waals surface area contributed by atoms with E-state index in [4.69, 9.17) is 23.7 Å². The van der Waals surface area contributed by atoms with Gasteiger partial charge in [0, 0.05) is 0 Å². The van der Waals surface area contributed by atoms with Crippen LogP contribution in [0.2, 0.25) is 0 Å². The summed E-state index contributed by atoms with van der Waals surface area (Å²) in [4.78, 5) is 0. The van der Waals surface area contributed by atoms with Gasteiger partial charge < -0.3 is 28.8 Å². The number of ether oxygens (including phenoxy) is 5. The van der Waals surface area contributed by atoms with Crippen LogP contribution in [0, 0.1) is 0 Å². The third-order valence-corrected chi connectivity index (χ3v) is 3.51. The molecule has 6 nitrogen and oxygen atoms in total. The number of hydrogen-bond acceptors (Lipinski definition) is 6. The first-order chi connectivity index (χ1) is 8.23. The minimum Gasteiger partial charge on any atom is -0.385 e. The lowest BCUT2D eigenvalue weighted by Gasteiger charge is -2.41. The molecule has 0 saturated carbocycles. The summed E-state index contributed by atoms with van der Waals surface area (Å²) in [6, 6.07) is 0. The van der Waals surface area contributed by atoms with Crippen molar-refractivity contribution in [2.45, 2.75) is 63.4 Å². The summed E-state index contributed by atoms with van der Waals surface area (Å²) in [5.74, 6) is -2.61. The van der Waals surface area contributed by atoms with Crippen LogP contribution in [0.5, 0.6) is 0 Å². The molecule has 3 rings (SSSR count). The maximum absolute atomic E-state index is 10.5. The molecule has 1 unspecified atom stereocenters. The Kier molecular flexibility index (Phi) is 2.59. The molecule has 0 aromatic rings. The Morgan fingerprint density at radius 3 is 2.33 bits per heavy atom. The van der Waals surface area contributed by atoms with Gasteiger partial charge in [0.2, 0.25) is 5.79 Å². The summed E-state index contributed by atoms with van der Waals surface area (Å²) in [5.41, 5.74) is 0. The third-order valence-electron chi connectivity index (χ3n) is 3.51. The van der Waals surface area contributed by atoms with Crippen LogP contribution >= 0.6 is 0 Å². The first-order valence-corrected chi connectivity index (χ1v) is 6.25. The van der Waals surface area contributed by atoms with Crippen LogP contribution in [-0.4, -0.2) is 54.0 Å². The third kappa shape index (κ3) is 1.88. The topological polar surface area (TPSA) is 66.4 Å². The second kappa shape index (κ2) is 3.65. The van der Waals surface area contributed by atoms with Crippen molar-refractivity contribution in [2.75, 3.05) is 13.2 Å². The molecule has 0 amide bonds. The van der Waals surface area contributed by atoms with E-state index in [0.29, 0.717) is 6.61 Å². The van der Waals surface area contributed by atoms with Crippen molar-refractivity contribution in [1.29, 1.82) is 0 Å². The molecule has 0 bridgehead atoms. The summed E-state index contributed by atoms with van der Waals surface area (Å²) in [6.45, 7) is 7.74. The predicted octanol–water partition coefficient (Wildman–Crippen LogP) is 0.377. The monoisotopic (exact) mass is 260 g/mol. The second-order valence-corrected chi connectivity index (χ2v) is 6.00. The maximum atomic E-state index is 10.5. The minimum absolute atomic E-state index is 0.189. The van der Waals surface area contributed by atoms with Crippen LogP contribution < -0.4 is 0 Å². The zero-order chi connectivity index (χ0) is 13.2. The van der Waals surface area contributed by atoms with Crippen molar-refractivity contribution in [3.63, 3.8) is 0 Å². The summed E-state index contributed by atoms with van der Waals surface area (Å²) in [6.07, 6.45) is -1.65. The number of fused-ring (bicyclic) bond motifs is 1. The highest BCUT2D eigenvalue weighted by molar-refractivity contribution is 5.00. The average Bonchev–Trinajstić information content (AvgIpc) is 2.71.